The van der Waals surface area contributed by atoms with E-state index in [4.69, 9.17) is 16.5 Å². The van der Waals surface area contributed by atoms with Crippen LogP contribution in [0.15, 0.2) is 18.3 Å². The van der Waals surface area contributed by atoms with Crippen molar-refractivity contribution < 1.29 is 14.9 Å². The van der Waals surface area contributed by atoms with Crippen LogP contribution in [-0.2, 0) is 16.4 Å². The molecule has 1 N–H and O–H groups in total. The first kappa shape index (κ1) is 11.1. The van der Waals surface area contributed by atoms with Gasteiger partial charge in [0.25, 0.3) is 0 Å². The molecule has 2 aromatic rings. The molecular weight excluding hydrogens is 232 g/mol. The molecule has 0 aromatic carbocycles. The number of hydrogen-bond donors (Lipinski definition) is 1. The Bertz CT molecular complexity index is 519. The van der Waals surface area contributed by atoms with Crippen LogP contribution >= 0.6 is 11.6 Å². The zero-order valence-electron chi connectivity index (χ0n) is 8.48. The molecule has 0 unspecified atom stereocenters. The van der Waals surface area contributed by atoms with E-state index in [-0.39, 0.29) is 23.2 Å². The van der Waals surface area contributed by atoms with Gasteiger partial charge in [-0.05, 0) is 12.1 Å². The van der Waals surface area contributed by atoms with Crippen LogP contribution in [0.2, 0.25) is 5.15 Å². The molecule has 0 saturated carbocycles. The van der Waals surface area contributed by atoms with Gasteiger partial charge >= 0.3 is 0 Å². The average Bonchev–Trinajstić information content (AvgIpc) is 2.32. The van der Waals surface area contributed by atoms with Gasteiger partial charge in [-0.1, -0.05) is 11.6 Å². The largest absolute Gasteiger partial charge is 0.504 e. The van der Waals surface area contributed by atoms with E-state index in [1.807, 2.05) is 0 Å². The van der Waals surface area contributed by atoms with Crippen molar-refractivity contribution >= 4 is 22.5 Å². The molecule has 0 spiro atoms. The molecule has 2 aromatic heterocycles. The number of hydrogen-bond acceptors (Lipinski definition) is 5. The Morgan fingerprint density at radius 1 is 1.50 bits per heavy atom. The molecule has 16 heavy (non-hydrogen) atoms. The van der Waals surface area contributed by atoms with Crippen molar-refractivity contribution in [1.29, 1.82) is 0 Å². The summed E-state index contributed by atoms with van der Waals surface area (Å²) in [6, 6.07) is 3.46. The van der Waals surface area contributed by atoms with Gasteiger partial charge in [-0.2, -0.15) is 0 Å². The zero-order valence-corrected chi connectivity index (χ0v) is 9.23. The molecule has 0 saturated heterocycles. The SMILES string of the molecule is COOCc1nc(Cl)c2cccnc2c1O. The van der Waals surface area contributed by atoms with Crippen LogP contribution in [0.4, 0.5) is 0 Å². The van der Waals surface area contributed by atoms with Crippen molar-refractivity contribution in [1.82, 2.24) is 9.97 Å². The molecule has 0 aliphatic heterocycles. The molecule has 5 nitrogen and oxygen atoms in total. The fourth-order valence-electron chi connectivity index (χ4n) is 1.34. The minimum Gasteiger partial charge on any atom is -0.504 e. The van der Waals surface area contributed by atoms with E-state index in [1.54, 1.807) is 18.3 Å². The van der Waals surface area contributed by atoms with Crippen molar-refractivity contribution in [3.63, 3.8) is 0 Å². The summed E-state index contributed by atoms with van der Waals surface area (Å²) in [5.74, 6) is -0.0444. The summed E-state index contributed by atoms with van der Waals surface area (Å²) in [7, 11) is 1.37. The normalized spacial score (nSPS) is 10.9. The molecule has 0 bridgehead atoms. The average molecular weight is 241 g/mol. The topological polar surface area (TPSA) is 64.5 Å². The molecular formula is C10H9ClN2O3. The van der Waals surface area contributed by atoms with Crippen LogP contribution in [0.3, 0.4) is 0 Å². The lowest BCUT2D eigenvalue weighted by Gasteiger charge is -2.07. The second kappa shape index (κ2) is 4.61. The van der Waals surface area contributed by atoms with Gasteiger partial charge in [0, 0.05) is 11.6 Å². The number of rotatable bonds is 3. The van der Waals surface area contributed by atoms with Gasteiger partial charge in [0.1, 0.15) is 23.0 Å². The summed E-state index contributed by atoms with van der Waals surface area (Å²) in [6.45, 7) is 0.00850. The lowest BCUT2D eigenvalue weighted by Crippen LogP contribution is -1.97. The summed E-state index contributed by atoms with van der Waals surface area (Å²) in [5, 5.41) is 10.8. The van der Waals surface area contributed by atoms with E-state index in [9.17, 15) is 5.11 Å². The van der Waals surface area contributed by atoms with E-state index >= 15 is 0 Å². The predicted octanol–water partition coefficient (Wildman–Crippen LogP) is 2.07. The fraction of sp³-hybridized carbons (Fsp3) is 0.200. The molecule has 0 fully saturated rings. The molecule has 0 amide bonds. The third-order valence-corrected chi connectivity index (χ3v) is 2.36. The maximum absolute atomic E-state index is 9.88. The molecule has 0 aliphatic rings. The highest BCUT2D eigenvalue weighted by atomic mass is 35.5. The lowest BCUT2D eigenvalue weighted by molar-refractivity contribution is -0.283. The predicted molar refractivity (Wildman–Crippen MR) is 58.0 cm³/mol. The third-order valence-electron chi connectivity index (χ3n) is 2.07. The molecule has 0 aliphatic carbocycles. The second-order valence-corrected chi connectivity index (χ2v) is 3.38. The van der Waals surface area contributed by atoms with Crippen molar-refractivity contribution in [2.45, 2.75) is 6.61 Å². The summed E-state index contributed by atoms with van der Waals surface area (Å²) < 4.78 is 0. The van der Waals surface area contributed by atoms with E-state index in [2.05, 4.69) is 14.9 Å². The molecule has 2 rings (SSSR count). The smallest absolute Gasteiger partial charge is 0.166 e. The van der Waals surface area contributed by atoms with E-state index < -0.39 is 0 Å². The first-order valence-corrected chi connectivity index (χ1v) is 4.89. The monoisotopic (exact) mass is 240 g/mol. The maximum atomic E-state index is 9.88. The van der Waals surface area contributed by atoms with Crippen molar-refractivity contribution in [2.75, 3.05) is 7.11 Å². The summed E-state index contributed by atoms with van der Waals surface area (Å²) in [5.41, 5.74) is 0.690. The van der Waals surface area contributed by atoms with Gasteiger partial charge in [0.05, 0.1) is 7.11 Å². The van der Waals surface area contributed by atoms with E-state index in [0.29, 0.717) is 10.9 Å². The fourth-order valence-corrected chi connectivity index (χ4v) is 1.60. The molecule has 2 heterocycles. The van der Waals surface area contributed by atoms with E-state index in [0.717, 1.165) is 0 Å². The first-order valence-electron chi connectivity index (χ1n) is 4.51. The van der Waals surface area contributed by atoms with Crippen LogP contribution in [0.25, 0.3) is 10.9 Å². The van der Waals surface area contributed by atoms with Crippen LogP contribution in [-0.4, -0.2) is 22.2 Å². The minimum absolute atomic E-state index is 0.00850. The highest BCUT2D eigenvalue weighted by molar-refractivity contribution is 6.34. The Kier molecular flexibility index (Phi) is 3.19. The standard InChI is InChI=1S/C10H9ClN2O3/c1-15-16-5-7-9(14)8-6(10(11)13-7)3-2-4-12-8/h2-4,14H,5H2,1H3. The Morgan fingerprint density at radius 3 is 3.06 bits per heavy atom. The minimum atomic E-state index is -0.0444. The van der Waals surface area contributed by atoms with Gasteiger partial charge < -0.3 is 5.11 Å². The Balaban J connectivity index is 2.56. The number of fused-ring (bicyclic) bond motifs is 1. The molecule has 6 heteroatoms. The summed E-state index contributed by atoms with van der Waals surface area (Å²) >= 11 is 5.95. The van der Waals surface area contributed by atoms with Crippen molar-refractivity contribution in [2.24, 2.45) is 0 Å². The molecule has 0 atom stereocenters. The maximum Gasteiger partial charge on any atom is 0.166 e. The Labute approximate surface area is 96.5 Å². The number of halogens is 1. The third kappa shape index (κ3) is 1.92. The molecule has 84 valence electrons. The zero-order chi connectivity index (χ0) is 11.5. The van der Waals surface area contributed by atoms with Crippen LogP contribution < -0.4 is 0 Å². The highest BCUT2D eigenvalue weighted by Gasteiger charge is 2.13. The van der Waals surface area contributed by atoms with Crippen LogP contribution in [0, 0.1) is 0 Å². The first-order chi connectivity index (χ1) is 7.74. The Morgan fingerprint density at radius 2 is 2.31 bits per heavy atom. The van der Waals surface area contributed by atoms with Gasteiger partial charge in [0.2, 0.25) is 0 Å². The quantitative estimate of drug-likeness (QED) is 0.505. The number of pyridine rings is 2. The van der Waals surface area contributed by atoms with Gasteiger partial charge in [0.15, 0.2) is 5.75 Å². The Hall–Kier alpha value is -1.43. The van der Waals surface area contributed by atoms with Crippen LogP contribution in [0.5, 0.6) is 5.75 Å². The number of aromatic hydroxyl groups is 1. The van der Waals surface area contributed by atoms with Crippen LogP contribution in [0.1, 0.15) is 5.69 Å². The van der Waals surface area contributed by atoms with Gasteiger partial charge in [-0.3, -0.25) is 4.98 Å². The molecule has 0 radical (unpaired) electrons. The van der Waals surface area contributed by atoms with E-state index in [1.165, 1.54) is 7.11 Å². The van der Waals surface area contributed by atoms with Gasteiger partial charge in [-0.25, -0.2) is 14.8 Å². The van der Waals surface area contributed by atoms with Gasteiger partial charge in [-0.15, -0.1) is 0 Å². The second-order valence-electron chi connectivity index (χ2n) is 3.03. The summed E-state index contributed by atoms with van der Waals surface area (Å²) in [4.78, 5) is 17.2. The lowest BCUT2D eigenvalue weighted by atomic mass is 10.2. The summed E-state index contributed by atoms with van der Waals surface area (Å²) in [6.07, 6.45) is 1.57. The number of nitrogens with zero attached hydrogens (tertiary/aromatic N) is 2. The van der Waals surface area contributed by atoms with Crippen molar-refractivity contribution in [3.8, 4) is 5.75 Å². The number of aromatic nitrogens is 2. The highest BCUT2D eigenvalue weighted by Crippen LogP contribution is 2.30. The van der Waals surface area contributed by atoms with Crippen molar-refractivity contribution in [3.05, 3.63) is 29.2 Å².